The Morgan fingerprint density at radius 2 is 2.00 bits per heavy atom. The molecule has 0 aliphatic carbocycles. The van der Waals surface area contributed by atoms with E-state index in [0.717, 1.165) is 17.8 Å². The molecule has 0 spiro atoms. The van der Waals surface area contributed by atoms with Crippen LogP contribution in [-0.4, -0.2) is 32.9 Å². The molecule has 0 saturated carbocycles. The lowest BCUT2D eigenvalue weighted by atomic mass is 9.93. The van der Waals surface area contributed by atoms with E-state index in [9.17, 15) is 18.0 Å². The van der Waals surface area contributed by atoms with E-state index in [1.807, 2.05) is 20.8 Å². The molecule has 3 rings (SSSR count). The van der Waals surface area contributed by atoms with Gasteiger partial charge in [0.2, 0.25) is 0 Å². The largest absolute Gasteiger partial charge is 0.461 e. The van der Waals surface area contributed by atoms with Crippen molar-refractivity contribution in [3.8, 4) is 0 Å². The molecule has 0 saturated heterocycles. The molecule has 0 atom stereocenters. The number of hydrogen-bond acceptors (Lipinski definition) is 6. The van der Waals surface area contributed by atoms with E-state index in [0.29, 0.717) is 15.6 Å². The summed E-state index contributed by atoms with van der Waals surface area (Å²) in [7, 11) is 0. The molecule has 28 heavy (non-hydrogen) atoms. The number of halogens is 3. The number of esters is 1. The summed E-state index contributed by atoms with van der Waals surface area (Å²) in [6.45, 7) is 5.85. The number of carbonyl (C=O) groups excluding carboxylic acids is 1. The van der Waals surface area contributed by atoms with Crippen LogP contribution in [0.4, 0.5) is 13.2 Å². The van der Waals surface area contributed by atoms with Crippen molar-refractivity contribution >= 4 is 34.7 Å². The minimum Gasteiger partial charge on any atom is -0.461 e. The first-order chi connectivity index (χ1) is 13.1. The van der Waals surface area contributed by atoms with Gasteiger partial charge in [-0.2, -0.15) is 18.3 Å². The zero-order chi connectivity index (χ0) is 20.5. The van der Waals surface area contributed by atoms with Crippen LogP contribution in [0.1, 0.15) is 41.8 Å². The van der Waals surface area contributed by atoms with Crippen molar-refractivity contribution in [2.45, 2.75) is 37.4 Å². The lowest BCUT2D eigenvalue weighted by Gasteiger charge is -2.13. The van der Waals surface area contributed by atoms with E-state index >= 15 is 0 Å². The van der Waals surface area contributed by atoms with Crippen LogP contribution in [0.3, 0.4) is 0 Å². The third-order valence-corrected chi connectivity index (χ3v) is 5.55. The monoisotopic (exact) mass is 429 g/mol. The van der Waals surface area contributed by atoms with Gasteiger partial charge < -0.3 is 4.74 Å². The molecule has 0 aliphatic rings. The van der Waals surface area contributed by atoms with Crippen molar-refractivity contribution in [2.24, 2.45) is 0 Å². The van der Waals surface area contributed by atoms with Crippen molar-refractivity contribution in [1.29, 1.82) is 0 Å². The zero-order valence-corrected chi connectivity index (χ0v) is 17.0. The number of hydrogen-bond donors (Lipinski definition) is 0. The number of nitrogens with zero attached hydrogens (tertiary/aromatic N) is 3. The van der Waals surface area contributed by atoms with Crippen LogP contribution in [-0.2, 0) is 16.3 Å². The molecule has 5 nitrogen and oxygen atoms in total. The van der Waals surface area contributed by atoms with E-state index in [1.165, 1.54) is 15.9 Å². The second-order valence-electron chi connectivity index (χ2n) is 6.99. The number of carbonyl (C=O) groups is 1. The summed E-state index contributed by atoms with van der Waals surface area (Å²) in [6.07, 6.45) is -4.56. The lowest BCUT2D eigenvalue weighted by molar-refractivity contribution is -0.141. The second kappa shape index (κ2) is 7.75. The van der Waals surface area contributed by atoms with Crippen molar-refractivity contribution in [1.82, 2.24) is 14.6 Å². The van der Waals surface area contributed by atoms with Crippen molar-refractivity contribution in [3.05, 3.63) is 45.9 Å². The quantitative estimate of drug-likeness (QED) is 0.246. The van der Waals surface area contributed by atoms with Gasteiger partial charge in [-0.3, -0.25) is 0 Å². The Bertz CT molecular complexity index is 977. The van der Waals surface area contributed by atoms with Crippen molar-refractivity contribution in [3.63, 3.8) is 0 Å². The Morgan fingerprint density at radius 1 is 1.25 bits per heavy atom. The van der Waals surface area contributed by atoms with Gasteiger partial charge in [0.15, 0.2) is 5.65 Å². The molecule has 0 N–H and O–H groups in total. The first-order valence-electron chi connectivity index (χ1n) is 8.37. The smallest absolute Gasteiger partial charge is 0.433 e. The second-order valence-corrected chi connectivity index (χ2v) is 9.05. The fourth-order valence-corrected chi connectivity index (χ4v) is 3.75. The Morgan fingerprint density at radius 3 is 2.61 bits per heavy atom. The number of fused-ring (bicyclic) bond motifs is 1. The van der Waals surface area contributed by atoms with Gasteiger partial charge in [0.1, 0.15) is 22.2 Å². The number of aromatic nitrogens is 3. The fourth-order valence-electron chi connectivity index (χ4n) is 2.31. The molecule has 0 unspecified atom stereocenters. The minimum atomic E-state index is -4.56. The molecular weight excluding hydrogens is 411 g/mol. The summed E-state index contributed by atoms with van der Waals surface area (Å²) in [5.41, 5.74) is -0.522. The molecule has 3 aromatic heterocycles. The SMILES string of the molecule is CC(C)(C)c1cc2nc(C(F)(F)F)cc(SCCOC(=O)c3cccs3)n2n1. The predicted molar refractivity (Wildman–Crippen MR) is 102 cm³/mol. The summed E-state index contributed by atoms with van der Waals surface area (Å²) in [6, 6.07) is 5.93. The van der Waals surface area contributed by atoms with Crippen LogP contribution in [0.5, 0.6) is 0 Å². The topological polar surface area (TPSA) is 56.5 Å². The van der Waals surface area contributed by atoms with Gasteiger partial charge in [-0.05, 0) is 11.4 Å². The zero-order valence-electron chi connectivity index (χ0n) is 15.4. The molecule has 0 aliphatic heterocycles. The number of ether oxygens (including phenoxy) is 1. The third kappa shape index (κ3) is 4.67. The van der Waals surface area contributed by atoms with Gasteiger partial charge in [-0.15, -0.1) is 23.1 Å². The lowest BCUT2D eigenvalue weighted by Crippen LogP contribution is -2.13. The number of thioether (sulfide) groups is 1. The maximum absolute atomic E-state index is 13.2. The highest BCUT2D eigenvalue weighted by molar-refractivity contribution is 7.99. The number of thiophene rings is 1. The Labute approximate surface area is 167 Å². The molecule has 3 aromatic rings. The van der Waals surface area contributed by atoms with Crippen LogP contribution in [0.15, 0.2) is 34.7 Å². The van der Waals surface area contributed by atoms with Crippen LogP contribution < -0.4 is 0 Å². The number of rotatable bonds is 5. The molecule has 0 bridgehead atoms. The summed E-state index contributed by atoms with van der Waals surface area (Å²) < 4.78 is 46.2. The van der Waals surface area contributed by atoms with Gasteiger partial charge >= 0.3 is 12.1 Å². The van der Waals surface area contributed by atoms with Gasteiger partial charge in [0.05, 0.1) is 5.69 Å². The summed E-state index contributed by atoms with van der Waals surface area (Å²) in [4.78, 5) is 16.0. The van der Waals surface area contributed by atoms with Gasteiger partial charge in [-0.1, -0.05) is 26.8 Å². The Balaban J connectivity index is 1.80. The third-order valence-electron chi connectivity index (χ3n) is 3.74. The molecule has 10 heteroatoms. The van der Waals surface area contributed by atoms with E-state index in [1.54, 1.807) is 23.6 Å². The Hall–Kier alpha value is -2.07. The van der Waals surface area contributed by atoms with Crippen molar-refractivity contribution < 1.29 is 22.7 Å². The van der Waals surface area contributed by atoms with E-state index in [4.69, 9.17) is 4.74 Å². The van der Waals surface area contributed by atoms with Crippen molar-refractivity contribution in [2.75, 3.05) is 12.4 Å². The molecular formula is C18H18F3N3O2S2. The standard InChI is InChI=1S/C18H18F3N3O2S2/c1-17(2,3)12-9-14-22-13(18(19,20)21)10-15(24(14)23-12)28-8-6-26-16(25)11-5-4-7-27-11/h4-5,7,9-10H,6,8H2,1-3H3. The average molecular weight is 429 g/mol. The maximum atomic E-state index is 13.2. The normalized spacial score (nSPS) is 12.5. The fraction of sp³-hybridized carbons (Fsp3) is 0.389. The molecule has 150 valence electrons. The van der Waals surface area contributed by atoms with Crippen LogP contribution in [0.25, 0.3) is 5.65 Å². The van der Waals surface area contributed by atoms with E-state index in [-0.39, 0.29) is 23.4 Å². The average Bonchev–Trinajstić information content (AvgIpc) is 3.25. The van der Waals surface area contributed by atoms with Gasteiger partial charge in [0, 0.05) is 23.3 Å². The summed E-state index contributed by atoms with van der Waals surface area (Å²) in [5, 5.41) is 6.48. The highest BCUT2D eigenvalue weighted by Crippen LogP contribution is 2.32. The minimum absolute atomic E-state index is 0.0694. The predicted octanol–water partition coefficient (Wildman–Crippen LogP) is 5.06. The molecule has 0 aromatic carbocycles. The van der Waals surface area contributed by atoms with Crippen LogP contribution in [0, 0.1) is 0 Å². The first-order valence-corrected chi connectivity index (χ1v) is 10.2. The molecule has 0 amide bonds. The Kier molecular flexibility index (Phi) is 5.72. The first kappa shape index (κ1) is 20.7. The molecule has 3 heterocycles. The van der Waals surface area contributed by atoms with E-state index in [2.05, 4.69) is 10.1 Å². The summed E-state index contributed by atoms with van der Waals surface area (Å²) >= 11 is 2.40. The molecule has 0 radical (unpaired) electrons. The summed E-state index contributed by atoms with van der Waals surface area (Å²) in [5.74, 6) is -0.154. The van der Waals surface area contributed by atoms with E-state index < -0.39 is 17.8 Å². The maximum Gasteiger partial charge on any atom is 0.433 e. The number of alkyl halides is 3. The van der Waals surface area contributed by atoms with Crippen LogP contribution >= 0.6 is 23.1 Å². The molecule has 0 fully saturated rings. The highest BCUT2D eigenvalue weighted by atomic mass is 32.2. The van der Waals surface area contributed by atoms with Gasteiger partial charge in [0.25, 0.3) is 0 Å². The highest BCUT2D eigenvalue weighted by Gasteiger charge is 2.34. The van der Waals surface area contributed by atoms with Gasteiger partial charge in [-0.25, -0.2) is 14.3 Å². The van der Waals surface area contributed by atoms with Crippen LogP contribution in [0.2, 0.25) is 0 Å².